The topological polar surface area (TPSA) is 163 Å². The van der Waals surface area contributed by atoms with Crippen LogP contribution in [0.25, 0.3) is 33.8 Å². The highest BCUT2D eigenvalue weighted by Crippen LogP contribution is 2.38. The van der Waals surface area contributed by atoms with Crippen molar-refractivity contribution in [1.29, 1.82) is 0 Å². The lowest BCUT2D eigenvalue weighted by Gasteiger charge is -2.32. The van der Waals surface area contributed by atoms with Crippen LogP contribution in [0.1, 0.15) is 80.4 Å². The summed E-state index contributed by atoms with van der Waals surface area (Å²) in [6, 6.07) is 30.8. The number of aromatic hydroxyl groups is 2. The molecule has 0 saturated carbocycles. The number of phenolic OH excluding ortho intramolecular Hbond substituents is 2. The van der Waals surface area contributed by atoms with E-state index in [0.29, 0.717) is 22.0 Å². The van der Waals surface area contributed by atoms with E-state index in [0.717, 1.165) is 50.4 Å². The van der Waals surface area contributed by atoms with Crippen LogP contribution in [0.5, 0.6) is 11.5 Å². The van der Waals surface area contributed by atoms with E-state index in [9.17, 15) is 10.2 Å². The molecule has 0 bridgehead atoms. The van der Waals surface area contributed by atoms with Gasteiger partial charge in [0.15, 0.2) is 0 Å². The van der Waals surface area contributed by atoms with Crippen LogP contribution in [0.4, 0.5) is 11.6 Å². The molecule has 6 aromatic rings. The molecule has 1 fully saturated rings. The summed E-state index contributed by atoms with van der Waals surface area (Å²) in [7, 11) is -0.387. The SMILES string of the molecule is CC(C)(C)c1cc(-c2ncc(N)nc2-c2ccccc2)ccc1O.CC(C)(C)c1cc(B2OC(C)(C)C(C)(C)O2)ccc1O.Nc1cnc(Br)c(-c2ccccc2)n1. The van der Waals surface area contributed by atoms with Crippen LogP contribution < -0.4 is 16.9 Å². The number of halogens is 1. The Hall–Kier alpha value is -5.30. The molecule has 58 heavy (non-hydrogen) atoms. The molecule has 2 aromatic heterocycles. The number of benzene rings is 4. The number of anilines is 2. The molecule has 0 radical (unpaired) electrons. The smallest absolute Gasteiger partial charge is 0.494 e. The number of rotatable bonds is 4. The molecule has 1 aliphatic heterocycles. The minimum absolute atomic E-state index is 0.121. The molecule has 0 amide bonds. The largest absolute Gasteiger partial charge is 0.508 e. The predicted molar refractivity (Wildman–Crippen MR) is 240 cm³/mol. The molecule has 3 heterocycles. The van der Waals surface area contributed by atoms with E-state index in [1.54, 1.807) is 18.3 Å². The van der Waals surface area contributed by atoms with Crippen molar-refractivity contribution in [2.45, 2.75) is 91.3 Å². The number of nitrogens with zero attached hydrogens (tertiary/aromatic N) is 4. The average molecular weight is 846 g/mol. The first-order chi connectivity index (χ1) is 27.1. The Balaban J connectivity index is 0.000000171. The quantitative estimate of drug-likeness (QED) is 0.126. The lowest BCUT2D eigenvalue weighted by molar-refractivity contribution is 0.00578. The van der Waals surface area contributed by atoms with E-state index in [4.69, 9.17) is 20.8 Å². The van der Waals surface area contributed by atoms with Crippen molar-refractivity contribution in [3.05, 3.63) is 125 Å². The molecule has 12 heteroatoms. The molecule has 6 N–H and O–H groups in total. The maximum atomic E-state index is 10.2. The van der Waals surface area contributed by atoms with Gasteiger partial charge in [0.05, 0.1) is 35.0 Å². The molecule has 0 atom stereocenters. The highest BCUT2D eigenvalue weighted by molar-refractivity contribution is 9.10. The van der Waals surface area contributed by atoms with Crippen molar-refractivity contribution in [1.82, 2.24) is 19.9 Å². The third-order valence-corrected chi connectivity index (χ3v) is 10.6. The van der Waals surface area contributed by atoms with Crippen molar-refractivity contribution in [2.24, 2.45) is 0 Å². The summed E-state index contributed by atoms with van der Waals surface area (Å²) in [6.07, 6.45) is 3.09. The van der Waals surface area contributed by atoms with Gasteiger partial charge in [-0.2, -0.15) is 0 Å². The Bertz CT molecular complexity index is 2330. The zero-order valence-electron chi connectivity index (χ0n) is 35.0. The summed E-state index contributed by atoms with van der Waals surface area (Å²) in [4.78, 5) is 17.3. The van der Waals surface area contributed by atoms with Gasteiger partial charge in [0.1, 0.15) is 33.4 Å². The second kappa shape index (κ2) is 17.3. The first kappa shape index (κ1) is 43.8. The van der Waals surface area contributed by atoms with E-state index in [1.165, 1.54) is 6.20 Å². The van der Waals surface area contributed by atoms with Crippen LogP contribution in [0.15, 0.2) is 114 Å². The van der Waals surface area contributed by atoms with Crippen molar-refractivity contribution in [3.8, 4) is 45.3 Å². The molecule has 7 rings (SSSR count). The molecule has 0 unspecified atom stereocenters. The molecule has 4 aromatic carbocycles. The van der Waals surface area contributed by atoms with Gasteiger partial charge in [-0.15, -0.1) is 0 Å². The summed E-state index contributed by atoms with van der Waals surface area (Å²) >= 11 is 3.34. The second-order valence-electron chi connectivity index (χ2n) is 17.3. The summed E-state index contributed by atoms with van der Waals surface area (Å²) in [5, 5.41) is 20.2. The zero-order chi connectivity index (χ0) is 42.6. The fourth-order valence-electron chi connectivity index (χ4n) is 6.14. The lowest BCUT2D eigenvalue weighted by atomic mass is 9.75. The first-order valence-corrected chi connectivity index (χ1v) is 19.9. The monoisotopic (exact) mass is 844 g/mol. The Morgan fingerprint density at radius 1 is 0.569 bits per heavy atom. The van der Waals surface area contributed by atoms with Crippen molar-refractivity contribution in [2.75, 3.05) is 11.5 Å². The maximum Gasteiger partial charge on any atom is 0.494 e. The second-order valence-corrected chi connectivity index (χ2v) is 18.0. The lowest BCUT2D eigenvalue weighted by Crippen LogP contribution is -2.41. The number of phenols is 2. The molecule has 0 spiro atoms. The molecule has 0 aliphatic carbocycles. The number of aromatic nitrogens is 4. The third-order valence-electron chi connectivity index (χ3n) is 10.1. The van der Waals surface area contributed by atoms with Crippen LogP contribution in [-0.2, 0) is 20.1 Å². The van der Waals surface area contributed by atoms with Gasteiger partial charge in [0.25, 0.3) is 0 Å². The summed E-state index contributed by atoms with van der Waals surface area (Å²) < 4.78 is 12.8. The minimum atomic E-state index is -0.387. The Morgan fingerprint density at radius 2 is 1.02 bits per heavy atom. The van der Waals surface area contributed by atoms with E-state index >= 15 is 0 Å². The van der Waals surface area contributed by atoms with Crippen molar-refractivity contribution in [3.63, 3.8) is 0 Å². The average Bonchev–Trinajstić information content (AvgIpc) is 3.39. The van der Waals surface area contributed by atoms with Gasteiger partial charge >= 0.3 is 7.12 Å². The Labute approximate surface area is 351 Å². The van der Waals surface area contributed by atoms with E-state index < -0.39 is 0 Å². The third kappa shape index (κ3) is 10.4. The van der Waals surface area contributed by atoms with Gasteiger partial charge in [-0.05, 0) is 95.3 Å². The summed E-state index contributed by atoms with van der Waals surface area (Å²) in [5.74, 6) is 1.41. The Morgan fingerprint density at radius 3 is 1.53 bits per heavy atom. The van der Waals surface area contributed by atoms with Gasteiger partial charge < -0.3 is 31.0 Å². The number of hydrogen-bond donors (Lipinski definition) is 4. The number of nitrogen functional groups attached to an aromatic ring is 2. The molecular formula is C46H54BBrN6O4. The molecule has 10 nitrogen and oxygen atoms in total. The molecule has 1 aliphatic rings. The highest BCUT2D eigenvalue weighted by atomic mass is 79.9. The van der Waals surface area contributed by atoms with Crippen LogP contribution in [0.2, 0.25) is 0 Å². The molecule has 302 valence electrons. The maximum absolute atomic E-state index is 10.2. The minimum Gasteiger partial charge on any atom is -0.508 e. The van der Waals surface area contributed by atoms with Crippen molar-refractivity contribution < 1.29 is 19.5 Å². The Kier molecular flexibility index (Phi) is 13.1. The predicted octanol–water partition coefficient (Wildman–Crippen LogP) is 9.87. The van der Waals surface area contributed by atoms with Crippen LogP contribution in [0, 0.1) is 0 Å². The fourth-order valence-corrected chi connectivity index (χ4v) is 6.56. The van der Waals surface area contributed by atoms with E-state index in [1.807, 2.05) is 113 Å². The van der Waals surface area contributed by atoms with Crippen LogP contribution in [0.3, 0.4) is 0 Å². The van der Waals surface area contributed by atoms with Gasteiger partial charge in [-0.25, -0.2) is 15.0 Å². The standard InChI is InChI=1S/C20H21N3O.C16H25BO3.C10H8BrN3/c1-20(2,3)15-11-14(9-10-16(15)24)18-19(23-17(21)12-22-18)13-7-5-4-6-8-13;1-14(2,3)12-10-11(8-9-13(12)18)17-19-15(4,5)16(6,7)20-17;11-10-9(14-8(12)6-13-10)7-4-2-1-3-5-7/h4-12,24H,1-3H3,(H2,21,23);8-10,18H,1-7H3;1-6H,(H2,12,14). The van der Waals surface area contributed by atoms with Gasteiger partial charge in [-0.1, -0.05) is 114 Å². The number of nitrogens with two attached hydrogens (primary N) is 2. The fraction of sp³-hybridized carbons (Fsp3) is 0.304. The van der Waals surface area contributed by atoms with Gasteiger partial charge in [-0.3, -0.25) is 4.98 Å². The normalized spacial score (nSPS) is 14.5. The molecule has 1 saturated heterocycles. The van der Waals surface area contributed by atoms with Crippen LogP contribution in [-0.4, -0.2) is 48.5 Å². The summed E-state index contributed by atoms with van der Waals surface area (Å²) in [6.45, 7) is 20.6. The van der Waals surface area contributed by atoms with E-state index in [2.05, 4.69) is 77.4 Å². The van der Waals surface area contributed by atoms with Gasteiger partial charge in [0.2, 0.25) is 0 Å². The van der Waals surface area contributed by atoms with Crippen LogP contribution >= 0.6 is 15.9 Å². The molecular weight excluding hydrogens is 791 g/mol. The zero-order valence-corrected chi connectivity index (χ0v) is 36.6. The van der Waals surface area contributed by atoms with Gasteiger partial charge in [0, 0.05) is 16.7 Å². The van der Waals surface area contributed by atoms with E-state index in [-0.39, 0.29) is 34.9 Å². The highest BCUT2D eigenvalue weighted by Gasteiger charge is 2.51. The number of hydrogen-bond acceptors (Lipinski definition) is 10. The van der Waals surface area contributed by atoms with Crippen molar-refractivity contribution >= 4 is 40.1 Å². The summed E-state index contributed by atoms with van der Waals surface area (Å²) in [5.41, 5.74) is 18.3. The first-order valence-electron chi connectivity index (χ1n) is 19.1.